The molecule has 1 aromatic carbocycles. The van der Waals surface area contributed by atoms with Gasteiger partial charge >= 0.3 is 0 Å². The zero-order valence-corrected chi connectivity index (χ0v) is 13.9. The van der Waals surface area contributed by atoms with E-state index < -0.39 is 5.60 Å². The van der Waals surface area contributed by atoms with Gasteiger partial charge in [0.25, 0.3) is 5.91 Å². The molecule has 3 rings (SSSR count). The van der Waals surface area contributed by atoms with Gasteiger partial charge in [-0.3, -0.25) is 4.79 Å². The molecule has 122 valence electrons. The number of benzene rings is 1. The minimum absolute atomic E-state index is 0.258. The number of carbonyl (C=O) groups excluding carboxylic acids is 1. The van der Waals surface area contributed by atoms with E-state index in [9.17, 15) is 9.90 Å². The molecule has 1 aliphatic carbocycles. The van der Waals surface area contributed by atoms with Gasteiger partial charge in [0.05, 0.1) is 21.3 Å². The zero-order chi connectivity index (χ0) is 16.4. The van der Waals surface area contributed by atoms with E-state index in [1.807, 2.05) is 0 Å². The molecule has 0 atom stereocenters. The lowest BCUT2D eigenvalue weighted by molar-refractivity contribution is -0.0390. The summed E-state index contributed by atoms with van der Waals surface area (Å²) in [5.74, 6) is -0.258. The summed E-state index contributed by atoms with van der Waals surface area (Å²) in [7, 11) is 0. The smallest absolute Gasteiger partial charge is 0.271 e. The second kappa shape index (κ2) is 6.51. The van der Waals surface area contributed by atoms with Crippen molar-refractivity contribution < 1.29 is 9.90 Å². The topological polar surface area (TPSA) is 67.2 Å². The summed E-state index contributed by atoms with van der Waals surface area (Å²) in [6.07, 6.45) is 4.95. The van der Waals surface area contributed by atoms with Crippen molar-refractivity contribution in [2.24, 2.45) is 0 Å². The first-order valence-corrected chi connectivity index (χ1v) is 8.24. The van der Waals surface area contributed by atoms with E-state index in [2.05, 4.69) is 10.4 Å². The fraction of sp³-hybridized carbons (Fsp3) is 0.375. The number of halogens is 2. The van der Waals surface area contributed by atoms with Crippen LogP contribution in [0.2, 0.25) is 10.0 Å². The van der Waals surface area contributed by atoms with Gasteiger partial charge in [0.15, 0.2) is 5.69 Å². The molecule has 2 N–H and O–H groups in total. The van der Waals surface area contributed by atoms with Crippen molar-refractivity contribution in [3.63, 3.8) is 0 Å². The predicted molar refractivity (Wildman–Crippen MR) is 89.3 cm³/mol. The number of carbonyl (C=O) groups is 1. The summed E-state index contributed by atoms with van der Waals surface area (Å²) in [5.41, 5.74) is 0.450. The van der Waals surface area contributed by atoms with Crippen LogP contribution < -0.4 is 5.32 Å². The molecule has 5 nitrogen and oxygen atoms in total. The first-order valence-electron chi connectivity index (χ1n) is 7.49. The normalized spacial score (nSPS) is 16.0. The SMILES string of the molecule is O=C(NCCC1(O)CCC1)c1ccn(-c2ccc(Cl)c(Cl)c2)n1. The maximum absolute atomic E-state index is 12.1. The van der Waals surface area contributed by atoms with Gasteiger partial charge in [-0.2, -0.15) is 5.10 Å². The Morgan fingerprint density at radius 1 is 1.30 bits per heavy atom. The average Bonchev–Trinajstić information content (AvgIpc) is 2.98. The monoisotopic (exact) mass is 353 g/mol. The first-order chi connectivity index (χ1) is 11.0. The highest BCUT2D eigenvalue weighted by atomic mass is 35.5. The van der Waals surface area contributed by atoms with Crippen molar-refractivity contribution in [1.82, 2.24) is 15.1 Å². The molecule has 2 aromatic rings. The fourth-order valence-corrected chi connectivity index (χ4v) is 2.84. The van der Waals surface area contributed by atoms with Crippen LogP contribution in [-0.2, 0) is 0 Å². The van der Waals surface area contributed by atoms with Gasteiger partial charge < -0.3 is 10.4 Å². The lowest BCUT2D eigenvalue weighted by atomic mass is 9.78. The average molecular weight is 354 g/mol. The third kappa shape index (κ3) is 3.68. The Balaban J connectivity index is 1.61. The highest BCUT2D eigenvalue weighted by Gasteiger charge is 2.33. The molecule has 1 amide bonds. The minimum Gasteiger partial charge on any atom is -0.390 e. The van der Waals surface area contributed by atoms with E-state index in [4.69, 9.17) is 23.2 Å². The third-order valence-electron chi connectivity index (χ3n) is 4.15. The van der Waals surface area contributed by atoms with Gasteiger partial charge in [0.2, 0.25) is 0 Å². The van der Waals surface area contributed by atoms with Crippen LogP contribution in [0.25, 0.3) is 5.69 Å². The van der Waals surface area contributed by atoms with Crippen molar-refractivity contribution in [2.45, 2.75) is 31.3 Å². The Hall–Kier alpha value is -1.56. The number of nitrogens with zero attached hydrogens (tertiary/aromatic N) is 2. The lowest BCUT2D eigenvalue weighted by Gasteiger charge is -2.36. The molecule has 1 saturated carbocycles. The summed E-state index contributed by atoms with van der Waals surface area (Å²) in [6, 6.07) is 6.77. The number of nitrogens with one attached hydrogen (secondary N) is 1. The van der Waals surface area contributed by atoms with E-state index in [0.717, 1.165) is 24.9 Å². The van der Waals surface area contributed by atoms with Crippen molar-refractivity contribution in [3.8, 4) is 5.69 Å². The van der Waals surface area contributed by atoms with E-state index >= 15 is 0 Å². The molecule has 1 aliphatic rings. The molecule has 0 unspecified atom stereocenters. The number of rotatable bonds is 5. The van der Waals surface area contributed by atoms with Crippen molar-refractivity contribution in [1.29, 1.82) is 0 Å². The number of hydrogen-bond donors (Lipinski definition) is 2. The van der Waals surface area contributed by atoms with Gasteiger partial charge in [-0.15, -0.1) is 0 Å². The summed E-state index contributed by atoms with van der Waals surface area (Å²) in [4.78, 5) is 12.1. The number of hydrogen-bond acceptors (Lipinski definition) is 3. The van der Waals surface area contributed by atoms with Crippen LogP contribution in [0.1, 0.15) is 36.2 Å². The van der Waals surface area contributed by atoms with Gasteiger partial charge in [-0.1, -0.05) is 23.2 Å². The summed E-state index contributed by atoms with van der Waals surface area (Å²) < 4.78 is 1.57. The summed E-state index contributed by atoms with van der Waals surface area (Å²) in [6.45, 7) is 0.439. The van der Waals surface area contributed by atoms with Gasteiger partial charge in [0.1, 0.15) is 0 Å². The Labute approximate surface area is 144 Å². The molecule has 7 heteroatoms. The molecule has 0 spiro atoms. The van der Waals surface area contributed by atoms with Crippen LogP contribution in [0.4, 0.5) is 0 Å². The van der Waals surface area contributed by atoms with Crippen LogP contribution >= 0.6 is 23.2 Å². The molecular formula is C16H17Cl2N3O2. The first kappa shape index (κ1) is 16.3. The maximum atomic E-state index is 12.1. The maximum Gasteiger partial charge on any atom is 0.271 e. The highest BCUT2D eigenvalue weighted by molar-refractivity contribution is 6.42. The van der Waals surface area contributed by atoms with Crippen molar-refractivity contribution in [3.05, 3.63) is 46.2 Å². The molecule has 0 aliphatic heterocycles. The van der Waals surface area contributed by atoms with E-state index in [-0.39, 0.29) is 5.91 Å². The molecule has 23 heavy (non-hydrogen) atoms. The summed E-state index contributed by atoms with van der Waals surface area (Å²) >= 11 is 11.9. The Morgan fingerprint density at radius 2 is 2.09 bits per heavy atom. The van der Waals surface area contributed by atoms with E-state index in [1.165, 1.54) is 0 Å². The Kier molecular flexibility index (Phi) is 4.62. The van der Waals surface area contributed by atoms with Crippen LogP contribution in [-0.4, -0.2) is 32.9 Å². The van der Waals surface area contributed by atoms with Crippen molar-refractivity contribution >= 4 is 29.1 Å². The molecule has 0 radical (unpaired) electrons. The third-order valence-corrected chi connectivity index (χ3v) is 4.89. The lowest BCUT2D eigenvalue weighted by Crippen LogP contribution is -2.40. The second-order valence-corrected chi connectivity index (χ2v) is 6.64. The van der Waals surface area contributed by atoms with Gasteiger partial charge in [-0.05, 0) is 49.9 Å². The minimum atomic E-state index is -0.591. The highest BCUT2D eigenvalue weighted by Crippen LogP contribution is 2.34. The summed E-state index contributed by atoms with van der Waals surface area (Å²) in [5, 5.41) is 17.9. The van der Waals surface area contributed by atoms with Crippen LogP contribution in [0.3, 0.4) is 0 Å². The zero-order valence-electron chi connectivity index (χ0n) is 12.4. The molecule has 1 heterocycles. The quantitative estimate of drug-likeness (QED) is 0.867. The Bertz CT molecular complexity index is 726. The largest absolute Gasteiger partial charge is 0.390 e. The Morgan fingerprint density at radius 3 is 2.74 bits per heavy atom. The molecular weight excluding hydrogens is 337 g/mol. The molecule has 0 bridgehead atoms. The fourth-order valence-electron chi connectivity index (χ4n) is 2.55. The van der Waals surface area contributed by atoms with Crippen LogP contribution in [0.5, 0.6) is 0 Å². The second-order valence-electron chi connectivity index (χ2n) is 5.83. The van der Waals surface area contributed by atoms with Crippen molar-refractivity contribution in [2.75, 3.05) is 6.54 Å². The van der Waals surface area contributed by atoms with Gasteiger partial charge in [-0.25, -0.2) is 4.68 Å². The molecule has 0 saturated heterocycles. The van der Waals surface area contributed by atoms with Crippen LogP contribution in [0.15, 0.2) is 30.5 Å². The number of amides is 1. The predicted octanol–water partition coefficient (Wildman–Crippen LogP) is 3.21. The van der Waals surface area contributed by atoms with Gasteiger partial charge in [0, 0.05) is 12.7 Å². The number of aromatic nitrogens is 2. The van der Waals surface area contributed by atoms with E-state index in [0.29, 0.717) is 28.7 Å². The standard InChI is InChI=1S/C16H17Cl2N3O2/c17-12-3-2-11(10-13(12)18)21-9-4-14(20-21)15(22)19-8-7-16(23)5-1-6-16/h2-4,9-10,23H,1,5-8H2,(H,19,22). The molecule has 1 aromatic heterocycles. The van der Waals surface area contributed by atoms with Crippen LogP contribution in [0, 0.1) is 0 Å². The number of aliphatic hydroxyl groups is 1. The molecule has 1 fully saturated rings. The van der Waals surface area contributed by atoms with E-state index in [1.54, 1.807) is 35.1 Å².